The summed E-state index contributed by atoms with van der Waals surface area (Å²) in [6, 6.07) is 8.08. The molecular weight excluding hydrogens is 262 g/mol. The molecule has 1 aliphatic carbocycles. The Bertz CT molecular complexity index is 433. The number of benzene rings is 1. The van der Waals surface area contributed by atoms with Crippen molar-refractivity contribution in [1.82, 2.24) is 0 Å². The molecule has 2 rings (SSSR count). The van der Waals surface area contributed by atoms with Gasteiger partial charge in [0.05, 0.1) is 17.7 Å². The molecule has 21 heavy (non-hydrogen) atoms. The zero-order valence-corrected chi connectivity index (χ0v) is 13.6. The van der Waals surface area contributed by atoms with E-state index in [-0.39, 0.29) is 17.7 Å². The van der Waals surface area contributed by atoms with Gasteiger partial charge in [0.1, 0.15) is 5.75 Å². The molecule has 3 heteroatoms. The van der Waals surface area contributed by atoms with Crippen molar-refractivity contribution in [2.24, 2.45) is 5.73 Å². The summed E-state index contributed by atoms with van der Waals surface area (Å²) in [6.07, 6.45) is 5.98. The van der Waals surface area contributed by atoms with Crippen LogP contribution in [0, 0.1) is 0 Å². The van der Waals surface area contributed by atoms with Gasteiger partial charge in [-0.3, -0.25) is 0 Å². The summed E-state index contributed by atoms with van der Waals surface area (Å²) >= 11 is 0. The van der Waals surface area contributed by atoms with Crippen LogP contribution in [0.3, 0.4) is 0 Å². The second-order valence-corrected chi connectivity index (χ2v) is 6.28. The summed E-state index contributed by atoms with van der Waals surface area (Å²) in [6.45, 7) is 6.85. The lowest BCUT2D eigenvalue weighted by atomic mass is 9.77. The highest BCUT2D eigenvalue weighted by molar-refractivity contribution is 5.32. The van der Waals surface area contributed by atoms with Crippen LogP contribution < -0.4 is 10.5 Å². The quantitative estimate of drug-likeness (QED) is 0.853. The van der Waals surface area contributed by atoms with Crippen LogP contribution in [0.4, 0.5) is 0 Å². The third-order valence-electron chi connectivity index (χ3n) is 4.29. The SMILES string of the molecule is CCOC1(C(N)c2cccc(OC(C)C)c2)CCCCC1. The predicted octanol–water partition coefficient (Wildman–Crippen LogP) is 4.21. The molecule has 1 aliphatic rings. The van der Waals surface area contributed by atoms with Crippen molar-refractivity contribution in [2.75, 3.05) is 6.61 Å². The van der Waals surface area contributed by atoms with Crippen LogP contribution in [0.15, 0.2) is 24.3 Å². The van der Waals surface area contributed by atoms with E-state index in [1.54, 1.807) is 0 Å². The summed E-state index contributed by atoms with van der Waals surface area (Å²) in [5.74, 6) is 0.889. The van der Waals surface area contributed by atoms with E-state index >= 15 is 0 Å². The van der Waals surface area contributed by atoms with Gasteiger partial charge in [-0.1, -0.05) is 31.4 Å². The van der Waals surface area contributed by atoms with Crippen molar-refractivity contribution in [3.05, 3.63) is 29.8 Å². The molecule has 0 aliphatic heterocycles. The van der Waals surface area contributed by atoms with Crippen molar-refractivity contribution in [2.45, 2.75) is 70.6 Å². The first-order chi connectivity index (χ1) is 10.1. The Kier molecular flexibility index (Phi) is 5.65. The lowest BCUT2D eigenvalue weighted by molar-refractivity contribution is -0.0831. The normalized spacial score (nSPS) is 19.5. The highest BCUT2D eigenvalue weighted by Gasteiger charge is 2.39. The molecule has 0 aromatic heterocycles. The summed E-state index contributed by atoms with van der Waals surface area (Å²) in [4.78, 5) is 0. The maximum atomic E-state index is 6.61. The number of rotatable bonds is 6. The van der Waals surface area contributed by atoms with Gasteiger partial charge in [-0.05, 0) is 51.3 Å². The summed E-state index contributed by atoms with van der Waals surface area (Å²) < 4.78 is 11.9. The monoisotopic (exact) mass is 291 g/mol. The van der Waals surface area contributed by atoms with Gasteiger partial charge in [0, 0.05) is 6.61 Å². The van der Waals surface area contributed by atoms with Crippen LogP contribution in [0.5, 0.6) is 5.75 Å². The molecule has 0 heterocycles. The Balaban J connectivity index is 2.21. The fraction of sp³-hybridized carbons (Fsp3) is 0.667. The average molecular weight is 291 g/mol. The van der Waals surface area contributed by atoms with Crippen molar-refractivity contribution < 1.29 is 9.47 Å². The Hall–Kier alpha value is -1.06. The molecule has 0 amide bonds. The number of hydrogen-bond acceptors (Lipinski definition) is 3. The summed E-state index contributed by atoms with van der Waals surface area (Å²) in [5, 5.41) is 0. The zero-order chi connectivity index (χ0) is 15.3. The van der Waals surface area contributed by atoms with Crippen LogP contribution in [0.1, 0.15) is 64.5 Å². The van der Waals surface area contributed by atoms with E-state index in [0.717, 1.165) is 30.8 Å². The molecule has 118 valence electrons. The fourth-order valence-electron chi connectivity index (χ4n) is 3.34. The first-order valence-electron chi connectivity index (χ1n) is 8.23. The molecule has 0 spiro atoms. The van der Waals surface area contributed by atoms with Crippen molar-refractivity contribution in [3.63, 3.8) is 0 Å². The molecule has 0 saturated heterocycles. The first-order valence-corrected chi connectivity index (χ1v) is 8.23. The molecule has 0 radical (unpaired) electrons. The minimum absolute atomic E-state index is 0.0894. The average Bonchev–Trinajstić information content (AvgIpc) is 2.47. The Morgan fingerprint density at radius 2 is 1.90 bits per heavy atom. The molecule has 1 saturated carbocycles. The number of hydrogen-bond donors (Lipinski definition) is 1. The van der Waals surface area contributed by atoms with Crippen LogP contribution in [0.25, 0.3) is 0 Å². The molecule has 2 N–H and O–H groups in total. The van der Waals surface area contributed by atoms with Gasteiger partial charge in [-0.25, -0.2) is 0 Å². The van der Waals surface area contributed by atoms with E-state index in [9.17, 15) is 0 Å². The highest BCUT2D eigenvalue weighted by atomic mass is 16.5. The van der Waals surface area contributed by atoms with E-state index in [2.05, 4.69) is 19.1 Å². The van der Waals surface area contributed by atoms with E-state index in [1.807, 2.05) is 26.0 Å². The molecular formula is C18H29NO2. The largest absolute Gasteiger partial charge is 0.491 e. The third-order valence-corrected chi connectivity index (χ3v) is 4.29. The van der Waals surface area contributed by atoms with Crippen LogP contribution in [-0.2, 0) is 4.74 Å². The van der Waals surface area contributed by atoms with Gasteiger partial charge >= 0.3 is 0 Å². The molecule has 1 aromatic carbocycles. The number of ether oxygens (including phenoxy) is 2. The van der Waals surface area contributed by atoms with Gasteiger partial charge in [0.2, 0.25) is 0 Å². The second-order valence-electron chi connectivity index (χ2n) is 6.28. The minimum atomic E-state index is -0.205. The summed E-state index contributed by atoms with van der Waals surface area (Å²) in [7, 11) is 0. The zero-order valence-electron chi connectivity index (χ0n) is 13.6. The van der Waals surface area contributed by atoms with Crippen LogP contribution >= 0.6 is 0 Å². The van der Waals surface area contributed by atoms with Crippen molar-refractivity contribution in [3.8, 4) is 5.75 Å². The second kappa shape index (κ2) is 7.28. The van der Waals surface area contributed by atoms with E-state index in [4.69, 9.17) is 15.2 Å². The Morgan fingerprint density at radius 1 is 1.19 bits per heavy atom. The molecule has 1 atom stereocenters. The highest BCUT2D eigenvalue weighted by Crippen LogP contribution is 2.40. The lowest BCUT2D eigenvalue weighted by Crippen LogP contribution is -2.45. The molecule has 3 nitrogen and oxygen atoms in total. The van der Waals surface area contributed by atoms with Gasteiger partial charge in [0.25, 0.3) is 0 Å². The van der Waals surface area contributed by atoms with E-state index < -0.39 is 0 Å². The first kappa shape index (κ1) is 16.3. The molecule has 1 aromatic rings. The Morgan fingerprint density at radius 3 is 2.52 bits per heavy atom. The maximum Gasteiger partial charge on any atom is 0.120 e. The smallest absolute Gasteiger partial charge is 0.120 e. The summed E-state index contributed by atoms with van der Waals surface area (Å²) in [5.41, 5.74) is 7.52. The van der Waals surface area contributed by atoms with E-state index in [1.165, 1.54) is 19.3 Å². The standard InChI is InChI=1S/C18H29NO2/c1-4-20-18(11-6-5-7-12-18)17(19)15-9-8-10-16(13-15)21-14(2)3/h8-10,13-14,17H,4-7,11-12,19H2,1-3H3. The maximum absolute atomic E-state index is 6.61. The number of nitrogens with two attached hydrogens (primary N) is 1. The van der Waals surface area contributed by atoms with Crippen molar-refractivity contribution >= 4 is 0 Å². The third kappa shape index (κ3) is 3.98. The van der Waals surface area contributed by atoms with Crippen LogP contribution in [0.2, 0.25) is 0 Å². The van der Waals surface area contributed by atoms with Gasteiger partial charge in [-0.15, -0.1) is 0 Å². The van der Waals surface area contributed by atoms with Crippen molar-refractivity contribution in [1.29, 1.82) is 0 Å². The van der Waals surface area contributed by atoms with E-state index in [0.29, 0.717) is 0 Å². The van der Waals surface area contributed by atoms with Gasteiger partial charge in [0.15, 0.2) is 0 Å². The van der Waals surface area contributed by atoms with Gasteiger partial charge < -0.3 is 15.2 Å². The molecule has 1 fully saturated rings. The van der Waals surface area contributed by atoms with Crippen LogP contribution in [-0.4, -0.2) is 18.3 Å². The minimum Gasteiger partial charge on any atom is -0.491 e. The molecule has 0 bridgehead atoms. The molecule has 1 unspecified atom stereocenters. The van der Waals surface area contributed by atoms with Gasteiger partial charge in [-0.2, -0.15) is 0 Å². The predicted molar refractivity (Wildman–Crippen MR) is 86.6 cm³/mol. The fourth-order valence-corrected chi connectivity index (χ4v) is 3.34. The topological polar surface area (TPSA) is 44.5 Å². The lowest BCUT2D eigenvalue weighted by Gasteiger charge is -2.42. The Labute approximate surface area is 128 Å².